The fourth-order valence-corrected chi connectivity index (χ4v) is 9.48. The zero-order valence-corrected chi connectivity index (χ0v) is 45.3. The number of likely N-dealkylation sites (N-methyl/N-ethyl adjacent to an activating group) is 4. The molecular formula is C56H80N10O8. The highest BCUT2D eigenvalue weighted by atomic mass is 16.2. The van der Waals surface area contributed by atoms with E-state index < -0.39 is 72.0 Å². The van der Waals surface area contributed by atoms with Gasteiger partial charge in [0.2, 0.25) is 35.4 Å². The lowest BCUT2D eigenvalue weighted by Crippen LogP contribution is -2.57. The Morgan fingerprint density at radius 3 is 1.22 bits per heavy atom. The van der Waals surface area contributed by atoms with Gasteiger partial charge in [0.15, 0.2) is 0 Å². The molecule has 3 unspecified atom stereocenters. The maximum atomic E-state index is 14.6. The molecule has 12 atom stereocenters. The molecule has 0 bridgehead atoms. The summed E-state index contributed by atoms with van der Waals surface area (Å²) in [5, 5.41) is 17.7. The molecule has 2 aliphatic heterocycles. The van der Waals surface area contributed by atoms with Gasteiger partial charge in [-0.05, 0) is 95.8 Å². The Labute approximate surface area is 437 Å². The minimum atomic E-state index is -0.963. The Kier molecular flexibility index (Phi) is 20.9. The molecule has 0 spiro atoms. The van der Waals surface area contributed by atoms with Crippen molar-refractivity contribution in [2.45, 2.75) is 141 Å². The molecular weight excluding hydrogens is 941 g/mol. The molecule has 18 heteroatoms. The number of carbonyl (C=O) groups excluding carboxylic acids is 8. The Balaban J connectivity index is 1.37. The van der Waals surface area contributed by atoms with Crippen LogP contribution in [0, 0.1) is 11.8 Å². The van der Waals surface area contributed by atoms with Gasteiger partial charge in [-0.2, -0.15) is 0 Å². The number of benzene rings is 3. The van der Waals surface area contributed by atoms with Crippen molar-refractivity contribution in [1.82, 2.24) is 51.5 Å². The predicted molar refractivity (Wildman–Crippen MR) is 284 cm³/mol. The van der Waals surface area contributed by atoms with Crippen molar-refractivity contribution in [3.63, 3.8) is 0 Å². The smallest absolute Gasteiger partial charge is 0.251 e. The number of carbonyl (C=O) groups is 8. The second-order valence-corrected chi connectivity index (χ2v) is 20.2. The minimum absolute atomic E-state index is 0.00864. The molecule has 0 aliphatic carbocycles. The van der Waals surface area contributed by atoms with Gasteiger partial charge in [-0.15, -0.1) is 0 Å². The molecule has 2 aliphatic rings. The standard InChI is InChI=1S/C56H80N10O8/c1-13-33(3)47(61-49(67)35(5)57-9)55(73)65-31-43(29-45(65)53(71)63(11)37(7)39-22-17-15-18-23-39)59-51(69)41-26-21-27-42(28-41)52(70)60-44-30-46(54(72)64(12)38(8)40-24-19-16-20-25-40)66(32-44)56(74)48(34(4)14-2)62-50(68)36(6)58-10/h15-28,33-38,43-48,57-58H,13-14,29-32H2,1-12H3,(H,59,69)(H,60,70)(H,61,67)(H,62,68)/t33-,34-,35-,36-,37+,38?,43-,44-,45-,46-,47?,48?/m0/s1. The van der Waals surface area contributed by atoms with Crippen molar-refractivity contribution in [3.05, 3.63) is 107 Å². The zero-order valence-electron chi connectivity index (χ0n) is 45.3. The molecule has 0 saturated carbocycles. The first-order chi connectivity index (χ1) is 35.2. The lowest BCUT2D eigenvalue weighted by Gasteiger charge is -2.34. The van der Waals surface area contributed by atoms with Crippen molar-refractivity contribution in [1.29, 1.82) is 0 Å². The molecule has 2 saturated heterocycles. The Bertz CT molecular complexity index is 2280. The lowest BCUT2D eigenvalue weighted by atomic mass is 9.96. The molecule has 18 nitrogen and oxygen atoms in total. The van der Waals surface area contributed by atoms with Gasteiger partial charge in [-0.1, -0.05) is 107 Å². The summed E-state index contributed by atoms with van der Waals surface area (Å²) < 4.78 is 0. The highest BCUT2D eigenvalue weighted by Crippen LogP contribution is 2.29. The van der Waals surface area contributed by atoms with Crippen molar-refractivity contribution in [2.75, 3.05) is 41.3 Å². The predicted octanol–water partition coefficient (Wildman–Crippen LogP) is 3.80. The van der Waals surface area contributed by atoms with Crippen molar-refractivity contribution < 1.29 is 38.4 Å². The van der Waals surface area contributed by atoms with Crippen LogP contribution in [0.25, 0.3) is 0 Å². The van der Waals surface area contributed by atoms with Crippen molar-refractivity contribution >= 4 is 47.3 Å². The summed E-state index contributed by atoms with van der Waals surface area (Å²) in [7, 11) is 6.68. The van der Waals surface area contributed by atoms with Gasteiger partial charge in [0.05, 0.1) is 24.2 Å². The third kappa shape index (κ3) is 13.9. The number of rotatable bonds is 22. The third-order valence-corrected chi connectivity index (χ3v) is 15.4. The number of hydrogen-bond acceptors (Lipinski definition) is 10. The molecule has 2 fully saturated rings. The summed E-state index contributed by atoms with van der Waals surface area (Å²) in [5.41, 5.74) is 2.12. The number of likely N-dealkylation sites (tertiary alicyclic amines) is 2. The third-order valence-electron chi connectivity index (χ3n) is 15.4. The molecule has 0 aromatic heterocycles. The molecule has 74 heavy (non-hydrogen) atoms. The van der Waals surface area contributed by atoms with E-state index in [1.807, 2.05) is 102 Å². The highest BCUT2D eigenvalue weighted by molar-refractivity contribution is 6.01. The molecule has 3 aromatic rings. The first-order valence-electron chi connectivity index (χ1n) is 26.1. The number of amides is 8. The van der Waals surface area contributed by atoms with Gasteiger partial charge < -0.3 is 51.5 Å². The number of nitrogens with zero attached hydrogens (tertiary/aromatic N) is 4. The van der Waals surface area contributed by atoms with Crippen molar-refractivity contribution in [3.8, 4) is 0 Å². The van der Waals surface area contributed by atoms with Crippen molar-refractivity contribution in [2.24, 2.45) is 11.8 Å². The van der Waals surface area contributed by atoms with E-state index in [2.05, 4.69) is 31.9 Å². The molecule has 3 aromatic carbocycles. The summed E-state index contributed by atoms with van der Waals surface area (Å²) in [5.74, 6) is -3.84. The molecule has 8 amide bonds. The van der Waals surface area contributed by atoms with Crippen LogP contribution in [0.4, 0.5) is 0 Å². The van der Waals surface area contributed by atoms with Gasteiger partial charge in [-0.3, -0.25) is 38.4 Å². The van der Waals surface area contributed by atoms with E-state index in [0.29, 0.717) is 12.8 Å². The van der Waals surface area contributed by atoms with Crippen LogP contribution in [0.15, 0.2) is 84.9 Å². The fraction of sp³-hybridized carbons (Fsp3) is 0.536. The average Bonchev–Trinajstić information content (AvgIpc) is 4.06. The number of hydrogen-bond donors (Lipinski definition) is 6. The first-order valence-corrected chi connectivity index (χ1v) is 26.1. The summed E-state index contributed by atoms with van der Waals surface area (Å²) in [6, 6.07) is 18.2. The molecule has 6 N–H and O–H groups in total. The van der Waals surface area contributed by atoms with Gasteiger partial charge in [-0.25, -0.2) is 0 Å². The normalized spacial score (nSPS) is 20.6. The van der Waals surface area contributed by atoms with E-state index >= 15 is 0 Å². The van der Waals surface area contributed by atoms with Crippen LogP contribution < -0.4 is 31.9 Å². The van der Waals surface area contributed by atoms with Crippen LogP contribution in [0.5, 0.6) is 0 Å². The van der Waals surface area contributed by atoms with Crippen LogP contribution in [0.1, 0.15) is 125 Å². The van der Waals surface area contributed by atoms with E-state index in [4.69, 9.17) is 0 Å². The average molecular weight is 1020 g/mol. The van der Waals surface area contributed by atoms with Crippen LogP contribution in [-0.2, 0) is 28.8 Å². The molecule has 402 valence electrons. The first kappa shape index (κ1) is 58.2. The summed E-state index contributed by atoms with van der Waals surface area (Å²) in [6.07, 6.45) is 1.34. The Morgan fingerprint density at radius 1 is 0.541 bits per heavy atom. The maximum absolute atomic E-state index is 14.6. The Hall–Kier alpha value is -6.66. The zero-order chi connectivity index (χ0) is 54.6. The van der Waals surface area contributed by atoms with E-state index in [-0.39, 0.29) is 84.6 Å². The van der Waals surface area contributed by atoms with Crippen LogP contribution in [-0.4, -0.2) is 156 Å². The lowest BCUT2D eigenvalue weighted by molar-refractivity contribution is -0.146. The van der Waals surface area contributed by atoms with Gasteiger partial charge >= 0.3 is 0 Å². The quantitative estimate of drug-likeness (QED) is 0.0855. The second kappa shape index (κ2) is 26.5. The minimum Gasteiger partial charge on any atom is -0.347 e. The van der Waals surface area contributed by atoms with E-state index in [1.54, 1.807) is 70.0 Å². The highest BCUT2D eigenvalue weighted by Gasteiger charge is 2.47. The van der Waals surface area contributed by atoms with Gasteiger partial charge in [0.1, 0.15) is 24.2 Å². The van der Waals surface area contributed by atoms with E-state index in [0.717, 1.165) is 11.1 Å². The maximum Gasteiger partial charge on any atom is 0.251 e. The SMILES string of the molecule is CC[C@H](C)C(NC(=O)[C@H](C)NC)C(=O)N1C[C@@H](NC(=O)c2cccc(C(=O)N[C@H]3C[C@@H](C(=O)N(C)[C@H](C)c4ccccc4)N(C(=O)C(NC(=O)[C@H](C)NC)[C@@H](C)CC)C3)c2)C[C@H]1C(=O)N(C)C(C)c1ccccc1. The second-order valence-electron chi connectivity index (χ2n) is 20.2. The number of nitrogens with one attached hydrogen (secondary N) is 6. The largest absolute Gasteiger partial charge is 0.347 e. The van der Waals surface area contributed by atoms with Crippen LogP contribution in [0.2, 0.25) is 0 Å². The molecule has 0 radical (unpaired) electrons. The summed E-state index contributed by atoms with van der Waals surface area (Å²) in [4.78, 5) is 119. The summed E-state index contributed by atoms with van der Waals surface area (Å²) >= 11 is 0. The Morgan fingerprint density at radius 2 is 0.892 bits per heavy atom. The van der Waals surface area contributed by atoms with Crippen LogP contribution in [0.3, 0.4) is 0 Å². The monoisotopic (exact) mass is 1020 g/mol. The molecule has 5 rings (SSSR count). The molecule has 2 heterocycles. The van der Waals surface area contributed by atoms with Gasteiger partial charge in [0, 0.05) is 50.4 Å². The summed E-state index contributed by atoms with van der Waals surface area (Å²) in [6.45, 7) is 14.8. The fourth-order valence-electron chi connectivity index (χ4n) is 9.48. The van der Waals surface area contributed by atoms with Crippen LogP contribution >= 0.6 is 0 Å². The van der Waals surface area contributed by atoms with E-state index in [1.165, 1.54) is 15.9 Å². The van der Waals surface area contributed by atoms with Gasteiger partial charge in [0.25, 0.3) is 11.8 Å². The van der Waals surface area contributed by atoms with E-state index in [9.17, 15) is 38.4 Å². The topological polar surface area (TPSA) is 222 Å².